The summed E-state index contributed by atoms with van der Waals surface area (Å²) in [5.41, 5.74) is 27.9. The van der Waals surface area contributed by atoms with Gasteiger partial charge in [0.05, 0.1) is 12.2 Å². The maximum atomic E-state index is 14.2. The van der Waals surface area contributed by atoms with Gasteiger partial charge in [-0.15, -0.1) is 0 Å². The van der Waals surface area contributed by atoms with E-state index in [0.29, 0.717) is 45.1 Å². The predicted octanol–water partition coefficient (Wildman–Crippen LogP) is -5.65. The Hall–Kier alpha value is -5.90. The van der Waals surface area contributed by atoms with Crippen molar-refractivity contribution >= 4 is 59.2 Å². The lowest BCUT2D eigenvalue weighted by Crippen LogP contribution is -2.61. The van der Waals surface area contributed by atoms with Crippen LogP contribution in [0.3, 0.4) is 0 Å². The normalized spacial score (nSPS) is 19.1. The largest absolute Gasteiger partial charge is 0.480 e. The van der Waals surface area contributed by atoms with Crippen LogP contribution in [0.4, 0.5) is 0 Å². The number of aliphatic hydroxyl groups excluding tert-OH is 2. The van der Waals surface area contributed by atoms with E-state index in [9.17, 15) is 53.7 Å². The minimum absolute atomic E-state index is 0.00420. The smallest absolute Gasteiger partial charge is 0.326 e. The second-order valence-corrected chi connectivity index (χ2v) is 17.5. The molecule has 0 unspecified atom stereocenters. The summed E-state index contributed by atoms with van der Waals surface area (Å²) in [6.45, 7) is 3.72. The molecule has 7 amide bonds. The lowest BCUT2D eigenvalue weighted by atomic mass is 10.0. The Morgan fingerprint density at radius 3 is 1.41 bits per heavy atom. The molecule has 0 radical (unpaired) electrons. The van der Waals surface area contributed by atoms with Gasteiger partial charge in [-0.3, -0.25) is 44.4 Å². The number of nitrogens with one attached hydrogen (secondary N) is 9. The number of unbranched alkanes of at least 4 members (excludes halogenated alkanes) is 2. The average Bonchev–Trinajstić information content (AvgIpc) is 4.00. The van der Waals surface area contributed by atoms with Gasteiger partial charge in [0.25, 0.3) is 0 Å². The fraction of sp³-hybridized carbons (Fsp3) is 0.762. The molecule has 0 saturated carbocycles. The highest BCUT2D eigenvalue weighted by atomic mass is 16.4. The third kappa shape index (κ3) is 19.9. The molecule has 2 saturated heterocycles. The minimum atomic E-state index is -1.68. The standard InChI is InChI=1S/C42H78N16O11/c1-23(59)31(45)36(64)53-26(11-3-5-17-43)38(66)57-21-9-15-29(57)34(62)52-25(13-7-19-50-41(46)47)33(61)56-32(24(2)60)37(65)54-27(12-4-6-18-44)39(67)58-22-10-16-30(58)35(63)55-28(40(68)69)14-8-20-51-42(48)49/h23-32,59-60H,3-22,43-45H2,1-2H3,(H,52,62)(H,53,64)(H,54,65)(H,55,63)(H,56,61)(H,68,69)(H4,46,47,50)(H4,48,49,51)/t23-,24-,25+,26-,27-,28+,29-,30-,31+,32+/m0/s1. The van der Waals surface area contributed by atoms with Gasteiger partial charge in [0.1, 0.15) is 48.3 Å². The Labute approximate surface area is 402 Å². The van der Waals surface area contributed by atoms with Crippen molar-refractivity contribution in [2.75, 3.05) is 39.3 Å². The van der Waals surface area contributed by atoms with Crippen LogP contribution in [0.5, 0.6) is 0 Å². The third-order valence-electron chi connectivity index (χ3n) is 11.9. The number of nitrogens with zero attached hydrogens (tertiary/aromatic N) is 2. The summed E-state index contributed by atoms with van der Waals surface area (Å²) in [7, 11) is 0. The molecular formula is C42H78N16O11. The van der Waals surface area contributed by atoms with Crippen molar-refractivity contribution in [1.29, 1.82) is 10.8 Å². The maximum Gasteiger partial charge on any atom is 0.326 e. The quantitative estimate of drug-likeness (QED) is 0.0175. The van der Waals surface area contributed by atoms with E-state index in [2.05, 4.69) is 37.2 Å². The van der Waals surface area contributed by atoms with E-state index in [-0.39, 0.29) is 96.0 Å². The number of carbonyl (C=O) groups excluding carboxylic acids is 7. The Morgan fingerprint density at radius 2 is 1.00 bits per heavy atom. The van der Waals surface area contributed by atoms with E-state index in [4.69, 9.17) is 39.5 Å². The molecule has 2 aliphatic rings. The average molecular weight is 983 g/mol. The van der Waals surface area contributed by atoms with E-state index in [1.54, 1.807) is 0 Å². The molecule has 69 heavy (non-hydrogen) atoms. The van der Waals surface area contributed by atoms with Crippen molar-refractivity contribution in [2.45, 2.75) is 164 Å². The number of aliphatic carboxylic acids is 1. The fourth-order valence-corrected chi connectivity index (χ4v) is 8.03. The number of hydrogen-bond acceptors (Lipinski definition) is 15. The number of nitrogens with two attached hydrogens (primary N) is 5. The summed E-state index contributed by atoms with van der Waals surface area (Å²) in [4.78, 5) is 111. The van der Waals surface area contributed by atoms with Gasteiger partial charge in [0.15, 0.2) is 11.9 Å². The first kappa shape index (κ1) is 59.2. The fourth-order valence-electron chi connectivity index (χ4n) is 8.03. The van der Waals surface area contributed by atoms with Gasteiger partial charge in [-0.25, -0.2) is 4.79 Å². The molecule has 392 valence electrons. The molecule has 2 rings (SSSR count). The molecule has 0 aliphatic carbocycles. The summed E-state index contributed by atoms with van der Waals surface area (Å²) in [6, 6.07) is -10.2. The van der Waals surface area contributed by atoms with Crippen LogP contribution in [0.1, 0.15) is 104 Å². The highest BCUT2D eigenvalue weighted by Crippen LogP contribution is 2.22. The molecule has 10 atom stereocenters. The Bertz CT molecular complexity index is 1760. The lowest BCUT2D eigenvalue weighted by Gasteiger charge is -2.32. The zero-order valence-corrected chi connectivity index (χ0v) is 39.8. The lowest BCUT2D eigenvalue weighted by molar-refractivity contribution is -0.145. The number of carboxylic acid groups (broad SMARTS) is 1. The summed E-state index contributed by atoms with van der Waals surface area (Å²) < 4.78 is 0. The third-order valence-corrected chi connectivity index (χ3v) is 11.9. The number of rotatable bonds is 31. The van der Waals surface area contributed by atoms with E-state index < -0.39 is 108 Å². The molecule has 0 aromatic heterocycles. The summed E-state index contributed by atoms with van der Waals surface area (Å²) in [5, 5.41) is 63.3. The van der Waals surface area contributed by atoms with E-state index in [1.165, 1.54) is 23.6 Å². The first-order valence-electron chi connectivity index (χ1n) is 23.7. The number of guanidine groups is 2. The van der Waals surface area contributed by atoms with Crippen LogP contribution in [0.25, 0.3) is 0 Å². The van der Waals surface area contributed by atoms with Gasteiger partial charge in [-0.2, -0.15) is 0 Å². The molecule has 2 aliphatic heterocycles. The summed E-state index contributed by atoms with van der Waals surface area (Å²) in [6.07, 6.45) is 0.835. The van der Waals surface area contributed by atoms with Crippen LogP contribution >= 0.6 is 0 Å². The van der Waals surface area contributed by atoms with Crippen LogP contribution in [-0.2, 0) is 38.4 Å². The summed E-state index contributed by atoms with van der Waals surface area (Å²) in [5.74, 6) is -7.25. The highest BCUT2D eigenvalue weighted by molar-refractivity contribution is 5.98. The molecule has 0 bridgehead atoms. The van der Waals surface area contributed by atoms with Crippen LogP contribution in [0, 0.1) is 10.8 Å². The van der Waals surface area contributed by atoms with Crippen LogP contribution < -0.4 is 65.9 Å². The number of aliphatic hydroxyl groups is 2. The molecule has 27 nitrogen and oxygen atoms in total. The van der Waals surface area contributed by atoms with E-state index in [0.717, 1.165) is 0 Å². The highest BCUT2D eigenvalue weighted by Gasteiger charge is 2.42. The molecule has 0 aromatic carbocycles. The molecule has 2 fully saturated rings. The van der Waals surface area contributed by atoms with Gasteiger partial charge in [-0.05, 0) is 117 Å². The van der Waals surface area contributed by atoms with E-state index in [1.807, 2.05) is 0 Å². The van der Waals surface area contributed by atoms with Gasteiger partial charge in [0, 0.05) is 26.2 Å². The Kier molecular flexibility index (Phi) is 26.2. The van der Waals surface area contributed by atoms with Gasteiger partial charge in [0.2, 0.25) is 41.4 Å². The van der Waals surface area contributed by atoms with Crippen molar-refractivity contribution in [2.24, 2.45) is 28.7 Å². The first-order valence-corrected chi connectivity index (χ1v) is 23.7. The van der Waals surface area contributed by atoms with Gasteiger partial charge >= 0.3 is 5.97 Å². The number of amides is 7. The van der Waals surface area contributed by atoms with Crippen molar-refractivity contribution in [3.63, 3.8) is 0 Å². The maximum absolute atomic E-state index is 14.2. The van der Waals surface area contributed by atoms with Crippen LogP contribution in [0.15, 0.2) is 0 Å². The van der Waals surface area contributed by atoms with Crippen LogP contribution in [0.2, 0.25) is 0 Å². The number of carboxylic acids is 1. The number of carbonyl (C=O) groups is 8. The molecular weight excluding hydrogens is 905 g/mol. The Morgan fingerprint density at radius 1 is 0.580 bits per heavy atom. The second kappa shape index (κ2) is 30.6. The molecule has 27 heteroatoms. The first-order chi connectivity index (χ1) is 32.6. The van der Waals surface area contributed by atoms with Crippen molar-refractivity contribution in [3.8, 4) is 0 Å². The predicted molar refractivity (Wildman–Crippen MR) is 252 cm³/mol. The number of hydrogen-bond donors (Lipinski definition) is 17. The van der Waals surface area contributed by atoms with Gasteiger partial charge < -0.3 is 91.0 Å². The zero-order chi connectivity index (χ0) is 51.8. The molecule has 22 N–H and O–H groups in total. The number of likely N-dealkylation sites (tertiary alicyclic amines) is 2. The SMILES string of the molecule is C[C@H](O)[C@@H](N)C(=O)N[C@@H](CCCCN)C(=O)N1CCC[C@H]1C(=O)N[C@H](CCCNC(=N)N)C(=O)N[C@@H](C(=O)N[C@@H](CCCCN)C(=O)N1CCC[C@H]1C(=O)N[C@H](CCCNC(=N)N)C(=O)O)[C@H](C)O. The second-order valence-electron chi connectivity index (χ2n) is 17.5. The van der Waals surface area contributed by atoms with Crippen molar-refractivity contribution in [1.82, 2.24) is 47.0 Å². The molecule has 0 aromatic rings. The van der Waals surface area contributed by atoms with Crippen molar-refractivity contribution < 1.29 is 53.7 Å². The topological polar surface area (TPSA) is 466 Å². The monoisotopic (exact) mass is 983 g/mol. The van der Waals surface area contributed by atoms with Crippen molar-refractivity contribution in [3.05, 3.63) is 0 Å². The van der Waals surface area contributed by atoms with Crippen LogP contribution in [-0.4, -0.2) is 184 Å². The summed E-state index contributed by atoms with van der Waals surface area (Å²) >= 11 is 0. The van der Waals surface area contributed by atoms with Gasteiger partial charge in [-0.1, -0.05) is 0 Å². The van der Waals surface area contributed by atoms with E-state index >= 15 is 0 Å². The zero-order valence-electron chi connectivity index (χ0n) is 39.8. The molecule has 2 heterocycles. The minimum Gasteiger partial charge on any atom is -0.480 e. The molecule has 0 spiro atoms. The Balaban J connectivity index is 2.33.